The number of rotatable bonds is 9. The molecule has 0 radical (unpaired) electrons. The number of hydrogen-bond donors (Lipinski definition) is 4. The predicted molar refractivity (Wildman–Crippen MR) is 236 cm³/mol. The second kappa shape index (κ2) is 21.5. The number of aliphatic hydroxyl groups is 4. The van der Waals surface area contributed by atoms with Crippen molar-refractivity contribution in [2.45, 2.75) is 210 Å². The van der Waals surface area contributed by atoms with Crippen molar-refractivity contribution in [1.29, 1.82) is 0 Å². The summed E-state index contributed by atoms with van der Waals surface area (Å²) in [7, 11) is 7.08. The number of nitrogens with zero attached hydrogens (tertiary/aromatic N) is 3. The van der Waals surface area contributed by atoms with Crippen LogP contribution >= 0.6 is 11.8 Å². The van der Waals surface area contributed by atoms with Crippen molar-refractivity contribution in [1.82, 2.24) is 14.7 Å². The maximum Gasteiger partial charge on any atom is 0.330 e. The van der Waals surface area contributed by atoms with Crippen LogP contribution in [0.2, 0.25) is 0 Å². The molecule has 1 amide bonds. The third-order valence-electron chi connectivity index (χ3n) is 14.3. The zero-order valence-electron chi connectivity index (χ0n) is 40.7. The van der Waals surface area contributed by atoms with Crippen molar-refractivity contribution in [2.24, 2.45) is 17.8 Å². The van der Waals surface area contributed by atoms with Crippen LogP contribution in [-0.2, 0) is 47.5 Å². The highest BCUT2D eigenvalue weighted by atomic mass is 32.2. The molecule has 4 heterocycles. The monoisotopic (exact) mass is 920 g/mol. The lowest BCUT2D eigenvalue weighted by Gasteiger charge is -2.49. The molecule has 4 aliphatic heterocycles. The number of methoxy groups -OCH3 is 1. The van der Waals surface area contributed by atoms with Gasteiger partial charge in [0.05, 0.1) is 53.0 Å². The van der Waals surface area contributed by atoms with Crippen molar-refractivity contribution < 1.29 is 68.0 Å². The van der Waals surface area contributed by atoms with Gasteiger partial charge in [-0.05, 0) is 102 Å². The van der Waals surface area contributed by atoms with E-state index in [1.165, 1.54) is 37.6 Å². The van der Waals surface area contributed by atoms with Crippen molar-refractivity contribution in [3.8, 4) is 0 Å². The number of cyclic esters (lactones) is 1. The zero-order chi connectivity index (χ0) is 47.7. The Labute approximate surface area is 380 Å². The first kappa shape index (κ1) is 53.9. The number of amides is 1. The number of aliphatic hydroxyl groups excluding tert-OH is 2. The van der Waals surface area contributed by atoms with Gasteiger partial charge < -0.3 is 68.3 Å². The van der Waals surface area contributed by atoms with Gasteiger partial charge in [0.15, 0.2) is 18.7 Å². The smallest absolute Gasteiger partial charge is 0.330 e. The van der Waals surface area contributed by atoms with Gasteiger partial charge in [0.1, 0.15) is 30.0 Å². The lowest BCUT2D eigenvalue weighted by Crippen LogP contribution is -2.61. The lowest BCUT2D eigenvalue weighted by atomic mass is 9.77. The summed E-state index contributed by atoms with van der Waals surface area (Å²) in [6, 6.07) is -1.80. The number of carbonyl (C=O) groups is 3. The van der Waals surface area contributed by atoms with Crippen molar-refractivity contribution in [2.75, 3.05) is 40.6 Å². The summed E-state index contributed by atoms with van der Waals surface area (Å²) >= 11 is 1.49. The number of ether oxygens (including phenoxy) is 7. The maximum absolute atomic E-state index is 14.5. The molecule has 20 atom stereocenters. The van der Waals surface area contributed by atoms with Crippen LogP contribution in [0.1, 0.15) is 109 Å². The minimum atomic E-state index is -1.85. The van der Waals surface area contributed by atoms with Gasteiger partial charge in [0.2, 0.25) is 5.91 Å². The predicted octanol–water partition coefficient (Wildman–Crippen LogP) is 2.76. The molecule has 18 heteroatoms. The fourth-order valence-electron chi connectivity index (χ4n) is 10.4. The molecular formula is C45H81N3O14S. The summed E-state index contributed by atoms with van der Waals surface area (Å²) in [6.07, 6.45) is -9.10. The molecule has 0 spiro atoms. The highest BCUT2D eigenvalue weighted by Crippen LogP contribution is 2.41. The molecule has 1 unspecified atom stereocenters. The molecule has 63 heavy (non-hydrogen) atoms. The Morgan fingerprint density at radius 1 is 0.952 bits per heavy atom. The topological polar surface area (TPSA) is 206 Å². The first-order valence-electron chi connectivity index (χ1n) is 22.8. The summed E-state index contributed by atoms with van der Waals surface area (Å²) in [4.78, 5) is 46.7. The minimum Gasteiger partial charge on any atom is -0.459 e. The quantitative estimate of drug-likeness (QED) is 0.246. The summed E-state index contributed by atoms with van der Waals surface area (Å²) < 4.78 is 44.9. The van der Waals surface area contributed by atoms with Crippen LogP contribution in [0.25, 0.3) is 0 Å². The summed E-state index contributed by atoms with van der Waals surface area (Å²) in [5.41, 5.74) is -4.59. The third kappa shape index (κ3) is 12.1. The number of likely N-dealkylation sites (N-methyl/N-ethyl adjacent to an activating group) is 2. The Balaban J connectivity index is 1.87. The van der Waals surface area contributed by atoms with Gasteiger partial charge >= 0.3 is 11.9 Å². The molecule has 0 aromatic carbocycles. The van der Waals surface area contributed by atoms with Crippen molar-refractivity contribution in [3.05, 3.63) is 0 Å². The second-order valence-electron chi connectivity index (χ2n) is 20.0. The van der Waals surface area contributed by atoms with Crippen LogP contribution in [0, 0.1) is 17.8 Å². The Morgan fingerprint density at radius 3 is 2.16 bits per heavy atom. The summed E-state index contributed by atoms with van der Waals surface area (Å²) in [6.45, 7) is 21.1. The van der Waals surface area contributed by atoms with Gasteiger partial charge in [0, 0.05) is 44.7 Å². The van der Waals surface area contributed by atoms with Crippen LogP contribution in [0.4, 0.5) is 0 Å². The number of carbonyl (C=O) groups excluding carboxylic acids is 3. The Bertz CT molecular complexity index is 1540. The molecular weight excluding hydrogens is 839 g/mol. The molecule has 4 rings (SSSR count). The average molecular weight is 920 g/mol. The van der Waals surface area contributed by atoms with Crippen LogP contribution in [0.15, 0.2) is 0 Å². The van der Waals surface area contributed by atoms with Crippen molar-refractivity contribution in [3.63, 3.8) is 0 Å². The maximum atomic E-state index is 14.5. The molecule has 0 saturated carbocycles. The van der Waals surface area contributed by atoms with E-state index in [0.717, 1.165) is 0 Å². The first-order valence-corrected chi connectivity index (χ1v) is 23.8. The van der Waals surface area contributed by atoms with Crippen LogP contribution < -0.4 is 0 Å². The second-order valence-corrected chi connectivity index (χ2v) is 21.3. The normalized spacial score (nSPS) is 46.5. The lowest BCUT2D eigenvalue weighted by molar-refractivity contribution is -0.319. The summed E-state index contributed by atoms with van der Waals surface area (Å²) in [5.74, 6) is -3.35. The SMILES string of the molecule is CC[C@H]1OC(=O)[C@H](C)[C@@H](O[C@H]2C[C@@](C)(OC)[C@@H](O)[C@H](C)O2)[C@H](C)[C@@H](O[C@@H]2O[C@H](C)C[C@H](N(C)C)[C@H]2OC(=O)[C@@H]2CSC(C)N2C(C)=O)[C@](C)(O)C[C@@H](C)CN(C)[C@H](C)[C@@H](O)[C@]1(C)O. The van der Waals surface area contributed by atoms with E-state index in [4.69, 9.17) is 33.2 Å². The van der Waals surface area contributed by atoms with Crippen LogP contribution in [-0.4, -0.2) is 195 Å². The van der Waals surface area contributed by atoms with E-state index < -0.39 is 114 Å². The highest BCUT2D eigenvalue weighted by molar-refractivity contribution is 8.00. The molecule has 0 aromatic rings. The van der Waals surface area contributed by atoms with Gasteiger partial charge in [-0.25, -0.2) is 4.79 Å². The Hall–Kier alpha value is -1.68. The molecule has 17 nitrogen and oxygen atoms in total. The average Bonchev–Trinajstić information content (AvgIpc) is 3.60. The molecule has 4 N–H and O–H groups in total. The van der Waals surface area contributed by atoms with E-state index in [1.807, 2.05) is 51.7 Å². The van der Waals surface area contributed by atoms with Gasteiger partial charge in [0.25, 0.3) is 0 Å². The zero-order valence-corrected chi connectivity index (χ0v) is 41.5. The fraction of sp³-hybridized carbons (Fsp3) is 0.933. The number of esters is 2. The van der Waals surface area contributed by atoms with Crippen molar-refractivity contribution >= 4 is 29.6 Å². The molecule has 0 aliphatic carbocycles. The number of thioether (sulfide) groups is 1. The van der Waals surface area contributed by atoms with Gasteiger partial charge in [-0.2, -0.15) is 0 Å². The van der Waals surface area contributed by atoms with E-state index in [9.17, 15) is 34.8 Å². The molecule has 4 fully saturated rings. The van der Waals surface area contributed by atoms with E-state index in [-0.39, 0.29) is 42.6 Å². The first-order chi connectivity index (χ1) is 29.1. The highest BCUT2D eigenvalue weighted by Gasteiger charge is 2.54. The Morgan fingerprint density at radius 2 is 1.59 bits per heavy atom. The fourth-order valence-corrected chi connectivity index (χ4v) is 11.6. The largest absolute Gasteiger partial charge is 0.459 e. The molecule has 4 aliphatic rings. The van der Waals surface area contributed by atoms with Gasteiger partial charge in [-0.15, -0.1) is 11.8 Å². The molecule has 0 aromatic heterocycles. The van der Waals surface area contributed by atoms with E-state index >= 15 is 0 Å². The Kier molecular flexibility index (Phi) is 18.4. The number of hydrogen-bond acceptors (Lipinski definition) is 17. The van der Waals surface area contributed by atoms with E-state index in [0.29, 0.717) is 18.7 Å². The van der Waals surface area contributed by atoms with E-state index in [1.54, 1.807) is 48.5 Å². The van der Waals surface area contributed by atoms with Crippen LogP contribution in [0.5, 0.6) is 0 Å². The minimum absolute atomic E-state index is 0.0861. The molecule has 4 saturated heterocycles. The molecule has 366 valence electrons. The standard InChI is InChI=1S/C45H81N3O14S/c1-17-33-45(12,55)37(50)27(6)47(15)21-23(2)19-43(10,54)39(25(4)35(26(5)40(52)59-33)60-34-20-44(11,56-16)38(51)28(7)58-34)62-42-36(31(46(13)14)18-24(3)57-42)61-41(53)32-22-63-30(9)48(32)29(8)49/h23-28,30-39,42,50-51,54-55H,17-22H2,1-16H3/t23-,24-,25+,26-,27-,28+,30?,31+,32+,33-,34+,35+,36-,37-,38+,39-,42+,43-,44-,45-/m1/s1. The third-order valence-corrected chi connectivity index (χ3v) is 15.5. The van der Waals surface area contributed by atoms with Gasteiger partial charge in [-0.3, -0.25) is 9.59 Å². The molecule has 0 bridgehead atoms. The van der Waals surface area contributed by atoms with Gasteiger partial charge in [-0.1, -0.05) is 20.8 Å². The van der Waals surface area contributed by atoms with E-state index in [2.05, 4.69) is 0 Å². The summed E-state index contributed by atoms with van der Waals surface area (Å²) in [5, 5.41) is 47.3. The van der Waals surface area contributed by atoms with Crippen LogP contribution in [0.3, 0.4) is 0 Å².